The van der Waals surface area contributed by atoms with E-state index < -0.39 is 0 Å². The van der Waals surface area contributed by atoms with E-state index in [1.54, 1.807) is 6.26 Å². The lowest BCUT2D eigenvalue weighted by atomic mass is 10.2. The molecule has 1 aliphatic carbocycles. The minimum absolute atomic E-state index is 0.373. The summed E-state index contributed by atoms with van der Waals surface area (Å²) in [7, 11) is 0. The molecule has 1 N–H and O–H groups in total. The van der Waals surface area contributed by atoms with Crippen LogP contribution in [-0.4, -0.2) is 6.04 Å². The van der Waals surface area contributed by atoms with Gasteiger partial charge in [0.1, 0.15) is 5.76 Å². The topological polar surface area (TPSA) is 25.2 Å². The monoisotopic (exact) mass is 151 g/mol. The molecule has 1 heterocycles. The van der Waals surface area contributed by atoms with Crippen LogP contribution in [0.5, 0.6) is 0 Å². The van der Waals surface area contributed by atoms with Gasteiger partial charge in [0.05, 0.1) is 12.3 Å². The van der Waals surface area contributed by atoms with Crippen LogP contribution in [-0.2, 0) is 0 Å². The molecule has 0 bridgehead atoms. The first-order chi connectivity index (χ1) is 5.36. The van der Waals surface area contributed by atoms with E-state index in [-0.39, 0.29) is 0 Å². The minimum atomic E-state index is 0.373. The Kier molecular flexibility index (Phi) is 1.70. The summed E-state index contributed by atoms with van der Waals surface area (Å²) < 4.78 is 5.26. The van der Waals surface area contributed by atoms with Crippen LogP contribution in [0.4, 0.5) is 0 Å². The Morgan fingerprint density at radius 1 is 1.64 bits per heavy atom. The third-order valence-electron chi connectivity index (χ3n) is 2.03. The first kappa shape index (κ1) is 6.92. The molecule has 60 valence electrons. The fourth-order valence-corrected chi connectivity index (χ4v) is 1.22. The zero-order valence-corrected chi connectivity index (χ0v) is 6.71. The van der Waals surface area contributed by atoms with Crippen molar-refractivity contribution in [2.24, 2.45) is 0 Å². The molecule has 1 atom stereocenters. The van der Waals surface area contributed by atoms with E-state index in [0.717, 1.165) is 11.8 Å². The number of rotatable bonds is 3. The molecule has 0 aliphatic heterocycles. The van der Waals surface area contributed by atoms with Crippen LogP contribution in [0.15, 0.2) is 22.8 Å². The summed E-state index contributed by atoms with van der Waals surface area (Å²) in [6.07, 6.45) is 4.37. The average molecular weight is 151 g/mol. The highest BCUT2D eigenvalue weighted by Gasteiger charge is 2.23. The Balaban J connectivity index is 1.93. The Morgan fingerprint density at radius 3 is 3.00 bits per heavy atom. The lowest BCUT2D eigenvalue weighted by molar-refractivity contribution is 0.429. The molecule has 1 saturated carbocycles. The van der Waals surface area contributed by atoms with Gasteiger partial charge in [-0.05, 0) is 31.9 Å². The highest BCUT2D eigenvalue weighted by molar-refractivity contribution is 5.04. The zero-order valence-electron chi connectivity index (χ0n) is 6.71. The summed E-state index contributed by atoms with van der Waals surface area (Å²) in [4.78, 5) is 0. The Labute approximate surface area is 66.6 Å². The van der Waals surface area contributed by atoms with Crippen LogP contribution in [0.3, 0.4) is 0 Å². The standard InChI is InChI=1S/C9H13NO/c1-7(10-8-4-5-8)9-3-2-6-11-9/h2-3,6-8,10H,4-5H2,1H3. The molecule has 0 aromatic carbocycles. The van der Waals surface area contributed by atoms with Gasteiger partial charge < -0.3 is 9.73 Å². The summed E-state index contributed by atoms with van der Waals surface area (Å²) in [6, 6.07) is 5.06. The maximum atomic E-state index is 5.26. The molecule has 0 saturated heterocycles. The second kappa shape index (κ2) is 2.70. The molecule has 1 aromatic heterocycles. The van der Waals surface area contributed by atoms with Gasteiger partial charge in [0.2, 0.25) is 0 Å². The second-order valence-corrected chi connectivity index (χ2v) is 3.18. The normalized spacial score (nSPS) is 20.1. The third-order valence-corrected chi connectivity index (χ3v) is 2.03. The zero-order chi connectivity index (χ0) is 7.68. The highest BCUT2D eigenvalue weighted by Crippen LogP contribution is 2.23. The number of furan rings is 1. The van der Waals surface area contributed by atoms with Gasteiger partial charge in [-0.15, -0.1) is 0 Å². The number of nitrogens with one attached hydrogen (secondary N) is 1. The van der Waals surface area contributed by atoms with E-state index in [1.165, 1.54) is 12.8 Å². The fraction of sp³-hybridized carbons (Fsp3) is 0.556. The van der Waals surface area contributed by atoms with Gasteiger partial charge in [0.25, 0.3) is 0 Å². The first-order valence-electron chi connectivity index (χ1n) is 4.16. The Bertz CT molecular complexity index is 213. The molecule has 2 nitrogen and oxygen atoms in total. The first-order valence-corrected chi connectivity index (χ1v) is 4.16. The van der Waals surface area contributed by atoms with Crippen molar-refractivity contribution in [2.45, 2.75) is 31.8 Å². The van der Waals surface area contributed by atoms with Crippen LogP contribution in [0.25, 0.3) is 0 Å². The van der Waals surface area contributed by atoms with Crippen LogP contribution >= 0.6 is 0 Å². The molecule has 1 aromatic rings. The lowest BCUT2D eigenvalue weighted by Gasteiger charge is -2.08. The second-order valence-electron chi connectivity index (χ2n) is 3.18. The minimum Gasteiger partial charge on any atom is -0.468 e. The largest absolute Gasteiger partial charge is 0.468 e. The molecule has 2 rings (SSSR count). The van der Waals surface area contributed by atoms with E-state index in [2.05, 4.69) is 12.2 Å². The molecule has 11 heavy (non-hydrogen) atoms. The smallest absolute Gasteiger partial charge is 0.120 e. The van der Waals surface area contributed by atoms with Gasteiger partial charge in [0, 0.05) is 6.04 Å². The summed E-state index contributed by atoms with van der Waals surface area (Å²) in [5.41, 5.74) is 0. The molecule has 1 unspecified atom stereocenters. The fourth-order valence-electron chi connectivity index (χ4n) is 1.22. The van der Waals surface area contributed by atoms with Crippen LogP contribution < -0.4 is 5.32 Å². The molecule has 0 radical (unpaired) electrons. The Morgan fingerprint density at radius 2 is 2.45 bits per heavy atom. The predicted octanol–water partition coefficient (Wildman–Crippen LogP) is 2.09. The maximum absolute atomic E-state index is 5.26. The summed E-state index contributed by atoms with van der Waals surface area (Å²) >= 11 is 0. The van der Waals surface area contributed by atoms with Crippen molar-refractivity contribution in [1.82, 2.24) is 5.32 Å². The van der Waals surface area contributed by atoms with Crippen LogP contribution in [0, 0.1) is 0 Å². The number of hydrogen-bond donors (Lipinski definition) is 1. The van der Waals surface area contributed by atoms with E-state index >= 15 is 0 Å². The van der Waals surface area contributed by atoms with Crippen molar-refractivity contribution < 1.29 is 4.42 Å². The average Bonchev–Trinajstić information content (AvgIpc) is 2.67. The molecular weight excluding hydrogens is 138 g/mol. The van der Waals surface area contributed by atoms with E-state index in [1.807, 2.05) is 12.1 Å². The van der Waals surface area contributed by atoms with Crippen LogP contribution in [0.2, 0.25) is 0 Å². The van der Waals surface area contributed by atoms with Crippen molar-refractivity contribution in [3.8, 4) is 0 Å². The molecular formula is C9H13NO. The van der Waals surface area contributed by atoms with Crippen molar-refractivity contribution >= 4 is 0 Å². The molecule has 0 spiro atoms. The van der Waals surface area contributed by atoms with Gasteiger partial charge in [-0.1, -0.05) is 0 Å². The third kappa shape index (κ3) is 1.63. The van der Waals surface area contributed by atoms with Crippen molar-refractivity contribution in [1.29, 1.82) is 0 Å². The van der Waals surface area contributed by atoms with Gasteiger partial charge in [-0.3, -0.25) is 0 Å². The highest BCUT2D eigenvalue weighted by atomic mass is 16.3. The van der Waals surface area contributed by atoms with Crippen LogP contribution in [0.1, 0.15) is 31.6 Å². The summed E-state index contributed by atoms with van der Waals surface area (Å²) in [5, 5.41) is 3.46. The summed E-state index contributed by atoms with van der Waals surface area (Å²) in [6.45, 7) is 2.14. The lowest BCUT2D eigenvalue weighted by Crippen LogP contribution is -2.19. The molecule has 1 aliphatic rings. The molecule has 2 heteroatoms. The van der Waals surface area contributed by atoms with Crippen molar-refractivity contribution in [2.75, 3.05) is 0 Å². The Hall–Kier alpha value is -0.760. The SMILES string of the molecule is CC(NC1CC1)c1ccco1. The summed E-state index contributed by atoms with van der Waals surface area (Å²) in [5.74, 6) is 1.04. The predicted molar refractivity (Wildman–Crippen MR) is 43.3 cm³/mol. The van der Waals surface area contributed by atoms with Gasteiger partial charge in [-0.2, -0.15) is 0 Å². The van der Waals surface area contributed by atoms with Gasteiger partial charge >= 0.3 is 0 Å². The quantitative estimate of drug-likeness (QED) is 0.715. The van der Waals surface area contributed by atoms with E-state index in [4.69, 9.17) is 4.42 Å². The number of hydrogen-bond acceptors (Lipinski definition) is 2. The molecule has 1 fully saturated rings. The van der Waals surface area contributed by atoms with E-state index in [9.17, 15) is 0 Å². The van der Waals surface area contributed by atoms with Gasteiger partial charge in [-0.25, -0.2) is 0 Å². The van der Waals surface area contributed by atoms with Gasteiger partial charge in [0.15, 0.2) is 0 Å². The molecule has 0 amide bonds. The van der Waals surface area contributed by atoms with Crippen molar-refractivity contribution in [3.63, 3.8) is 0 Å². The van der Waals surface area contributed by atoms with Crippen molar-refractivity contribution in [3.05, 3.63) is 24.2 Å². The maximum Gasteiger partial charge on any atom is 0.120 e. The van der Waals surface area contributed by atoms with E-state index in [0.29, 0.717) is 6.04 Å².